The van der Waals surface area contributed by atoms with E-state index in [0.29, 0.717) is 0 Å². The van der Waals surface area contributed by atoms with Crippen molar-refractivity contribution < 1.29 is 19.0 Å². The van der Waals surface area contributed by atoms with Crippen molar-refractivity contribution in [1.29, 1.82) is 0 Å². The molecule has 0 atom stereocenters. The van der Waals surface area contributed by atoms with E-state index in [2.05, 4.69) is 4.98 Å². The van der Waals surface area contributed by atoms with Gasteiger partial charge in [-0.2, -0.15) is 0 Å². The lowest BCUT2D eigenvalue weighted by Gasteiger charge is -2.04. The van der Waals surface area contributed by atoms with Gasteiger partial charge in [-0.15, -0.1) is 11.3 Å². The van der Waals surface area contributed by atoms with Gasteiger partial charge in [-0.3, -0.25) is 4.79 Å². The van der Waals surface area contributed by atoms with Crippen LogP contribution >= 0.6 is 11.3 Å². The lowest BCUT2D eigenvalue weighted by atomic mass is 10.1. The first-order valence-corrected chi connectivity index (χ1v) is 8.93. The number of thiazole rings is 1. The van der Waals surface area contributed by atoms with Crippen molar-refractivity contribution in [2.45, 2.75) is 13.0 Å². The molecule has 1 aromatic heterocycles. The molecule has 0 aliphatic carbocycles. The molecule has 1 heterocycles. The van der Waals surface area contributed by atoms with Crippen LogP contribution in [0.25, 0.3) is 10.6 Å². The maximum Gasteiger partial charge on any atom is 0.310 e. The number of aromatic nitrogens is 1. The predicted molar refractivity (Wildman–Crippen MR) is 101 cm³/mol. The van der Waals surface area contributed by atoms with Crippen molar-refractivity contribution in [1.82, 2.24) is 4.98 Å². The summed E-state index contributed by atoms with van der Waals surface area (Å²) in [6.45, 7) is 0.168. The molecule has 0 saturated carbocycles. The quantitative estimate of drug-likeness (QED) is 0.587. The summed E-state index contributed by atoms with van der Waals surface area (Å²) in [7, 11) is 3.24. The largest absolute Gasteiger partial charge is 0.497 e. The maximum atomic E-state index is 12.0. The average Bonchev–Trinajstić information content (AvgIpc) is 3.16. The Morgan fingerprint density at radius 3 is 2.19 bits per heavy atom. The average molecular weight is 369 g/mol. The third-order valence-corrected chi connectivity index (χ3v) is 4.72. The van der Waals surface area contributed by atoms with Crippen LogP contribution in [-0.4, -0.2) is 25.2 Å². The van der Waals surface area contributed by atoms with Crippen LogP contribution in [0.1, 0.15) is 11.3 Å². The van der Waals surface area contributed by atoms with Crippen molar-refractivity contribution in [3.8, 4) is 22.1 Å². The lowest BCUT2D eigenvalue weighted by molar-refractivity contribution is -0.144. The Morgan fingerprint density at radius 2 is 1.58 bits per heavy atom. The van der Waals surface area contributed by atoms with Gasteiger partial charge >= 0.3 is 5.97 Å². The fraction of sp³-hybridized carbons (Fsp3) is 0.200. The van der Waals surface area contributed by atoms with Gasteiger partial charge in [-0.25, -0.2) is 4.98 Å². The van der Waals surface area contributed by atoms with Crippen molar-refractivity contribution in [2.24, 2.45) is 0 Å². The second-order valence-corrected chi connectivity index (χ2v) is 6.42. The van der Waals surface area contributed by atoms with Gasteiger partial charge in [0.15, 0.2) is 0 Å². The number of rotatable bonds is 7. The molecule has 0 bridgehead atoms. The van der Waals surface area contributed by atoms with Crippen LogP contribution in [0.5, 0.6) is 11.5 Å². The Labute approximate surface area is 156 Å². The molecule has 0 aliphatic rings. The second-order valence-electron chi connectivity index (χ2n) is 5.56. The number of benzene rings is 2. The van der Waals surface area contributed by atoms with Gasteiger partial charge in [0.1, 0.15) is 23.1 Å². The minimum absolute atomic E-state index is 0.168. The van der Waals surface area contributed by atoms with Gasteiger partial charge in [-0.1, -0.05) is 12.1 Å². The number of hydrogen-bond donors (Lipinski definition) is 0. The molecule has 0 N–H and O–H groups in total. The minimum atomic E-state index is -0.283. The minimum Gasteiger partial charge on any atom is -0.497 e. The Balaban J connectivity index is 1.54. The van der Waals surface area contributed by atoms with E-state index in [9.17, 15) is 4.79 Å². The maximum absolute atomic E-state index is 12.0. The van der Waals surface area contributed by atoms with E-state index in [1.807, 2.05) is 53.9 Å². The number of carbonyl (C=O) groups is 1. The number of ether oxygens (including phenoxy) is 3. The number of nitrogens with zero attached hydrogens (tertiary/aromatic N) is 1. The molecular weight excluding hydrogens is 350 g/mol. The summed E-state index contributed by atoms with van der Waals surface area (Å²) in [6.07, 6.45) is 0.222. The van der Waals surface area contributed by atoms with E-state index in [1.165, 1.54) is 11.3 Å². The smallest absolute Gasteiger partial charge is 0.310 e. The van der Waals surface area contributed by atoms with Crippen LogP contribution in [0.2, 0.25) is 0 Å². The van der Waals surface area contributed by atoms with E-state index in [1.54, 1.807) is 14.2 Å². The molecule has 2 aromatic carbocycles. The summed E-state index contributed by atoms with van der Waals surface area (Å²) in [5.74, 6) is 1.28. The van der Waals surface area contributed by atoms with Gasteiger partial charge in [0.05, 0.1) is 26.3 Å². The van der Waals surface area contributed by atoms with E-state index >= 15 is 0 Å². The summed E-state index contributed by atoms with van der Waals surface area (Å²) < 4.78 is 15.6. The molecule has 0 fully saturated rings. The van der Waals surface area contributed by atoms with Gasteiger partial charge in [-0.05, 0) is 42.0 Å². The van der Waals surface area contributed by atoms with Crippen molar-refractivity contribution in [3.05, 3.63) is 65.2 Å². The van der Waals surface area contributed by atoms with E-state index in [4.69, 9.17) is 14.2 Å². The highest BCUT2D eigenvalue weighted by Gasteiger charge is 2.09. The Hall–Kier alpha value is -2.86. The number of methoxy groups -OCH3 is 2. The number of carbonyl (C=O) groups excluding carboxylic acids is 1. The fourth-order valence-corrected chi connectivity index (χ4v) is 3.17. The van der Waals surface area contributed by atoms with Crippen LogP contribution in [0.4, 0.5) is 0 Å². The molecule has 0 aliphatic heterocycles. The zero-order valence-corrected chi connectivity index (χ0v) is 15.4. The topological polar surface area (TPSA) is 57.7 Å². The Kier molecular flexibility index (Phi) is 5.86. The van der Waals surface area contributed by atoms with E-state index in [0.717, 1.165) is 33.3 Å². The van der Waals surface area contributed by atoms with Crippen LogP contribution in [0, 0.1) is 0 Å². The third kappa shape index (κ3) is 4.61. The van der Waals surface area contributed by atoms with Gasteiger partial charge in [0, 0.05) is 10.9 Å². The van der Waals surface area contributed by atoms with Crippen molar-refractivity contribution in [2.75, 3.05) is 14.2 Å². The van der Waals surface area contributed by atoms with Crippen LogP contribution < -0.4 is 9.47 Å². The Bertz CT molecular complexity index is 856. The number of hydrogen-bond acceptors (Lipinski definition) is 6. The SMILES string of the molecule is COc1ccc(CC(=O)OCc2csc(-c3ccc(OC)cc3)n2)cc1. The van der Waals surface area contributed by atoms with Gasteiger partial charge in [0.2, 0.25) is 0 Å². The Morgan fingerprint density at radius 1 is 0.962 bits per heavy atom. The summed E-state index contributed by atoms with van der Waals surface area (Å²) >= 11 is 1.52. The summed E-state index contributed by atoms with van der Waals surface area (Å²) in [6, 6.07) is 15.1. The first-order chi connectivity index (χ1) is 12.7. The van der Waals surface area contributed by atoms with E-state index < -0.39 is 0 Å². The highest BCUT2D eigenvalue weighted by molar-refractivity contribution is 7.13. The monoisotopic (exact) mass is 369 g/mol. The predicted octanol–water partition coefficient (Wildman–Crippen LogP) is 4.11. The zero-order chi connectivity index (χ0) is 18.4. The van der Waals surface area contributed by atoms with Crippen LogP contribution in [0.15, 0.2) is 53.9 Å². The van der Waals surface area contributed by atoms with Crippen LogP contribution in [0.3, 0.4) is 0 Å². The standard InChI is InChI=1S/C20H19NO4S/c1-23-17-7-3-14(4-8-17)11-19(22)25-12-16-13-26-20(21-16)15-5-9-18(24-2)10-6-15/h3-10,13H,11-12H2,1-2H3. The summed E-state index contributed by atoms with van der Waals surface area (Å²) in [4.78, 5) is 16.5. The van der Waals surface area contributed by atoms with Gasteiger partial charge in [0.25, 0.3) is 0 Å². The third-order valence-electron chi connectivity index (χ3n) is 3.78. The highest BCUT2D eigenvalue weighted by Crippen LogP contribution is 2.26. The van der Waals surface area contributed by atoms with Gasteiger partial charge < -0.3 is 14.2 Å². The molecule has 0 saturated heterocycles. The molecule has 3 rings (SSSR count). The molecule has 0 spiro atoms. The lowest BCUT2D eigenvalue weighted by Crippen LogP contribution is -2.08. The molecule has 5 nitrogen and oxygen atoms in total. The second kappa shape index (κ2) is 8.49. The molecule has 6 heteroatoms. The molecule has 0 amide bonds. The number of esters is 1. The molecule has 0 radical (unpaired) electrons. The van der Waals surface area contributed by atoms with E-state index in [-0.39, 0.29) is 19.0 Å². The zero-order valence-electron chi connectivity index (χ0n) is 14.6. The highest BCUT2D eigenvalue weighted by atomic mass is 32.1. The van der Waals surface area contributed by atoms with Crippen LogP contribution in [-0.2, 0) is 22.6 Å². The normalized spacial score (nSPS) is 10.4. The first-order valence-electron chi connectivity index (χ1n) is 8.05. The molecule has 0 unspecified atom stereocenters. The molecular formula is C20H19NO4S. The first kappa shape index (κ1) is 17.9. The summed E-state index contributed by atoms with van der Waals surface area (Å²) in [5.41, 5.74) is 2.63. The molecule has 134 valence electrons. The molecule has 26 heavy (non-hydrogen) atoms. The fourth-order valence-electron chi connectivity index (χ4n) is 2.35. The van der Waals surface area contributed by atoms with Crippen molar-refractivity contribution >= 4 is 17.3 Å². The molecule has 3 aromatic rings. The van der Waals surface area contributed by atoms with Crippen molar-refractivity contribution in [3.63, 3.8) is 0 Å². The summed E-state index contributed by atoms with van der Waals surface area (Å²) in [5, 5.41) is 2.79.